The van der Waals surface area contributed by atoms with E-state index in [2.05, 4.69) is 33.1 Å². The highest BCUT2D eigenvalue weighted by Crippen LogP contribution is 2.15. The van der Waals surface area contributed by atoms with E-state index in [0.29, 0.717) is 29.5 Å². The predicted molar refractivity (Wildman–Crippen MR) is 72.2 cm³/mol. The zero-order chi connectivity index (χ0) is 13.7. The number of rotatable bonds is 5. The summed E-state index contributed by atoms with van der Waals surface area (Å²) in [4.78, 5) is 23.0. The number of hydrogen-bond acceptors (Lipinski definition) is 6. The molecule has 1 aliphatic heterocycles. The molecule has 19 heavy (non-hydrogen) atoms. The molecule has 7 nitrogen and oxygen atoms in total. The van der Waals surface area contributed by atoms with Gasteiger partial charge in [-0.2, -0.15) is 0 Å². The lowest BCUT2D eigenvalue weighted by Crippen LogP contribution is -2.47. The number of carbonyl (C=O) groups excluding carboxylic acids is 2. The van der Waals surface area contributed by atoms with Gasteiger partial charge in [-0.15, -0.1) is 10.2 Å². The first-order chi connectivity index (χ1) is 9.19. The predicted octanol–water partition coefficient (Wildman–Crippen LogP) is 0.368. The summed E-state index contributed by atoms with van der Waals surface area (Å²) in [5.41, 5.74) is 0. The highest BCUT2D eigenvalue weighted by molar-refractivity contribution is 7.17. The van der Waals surface area contributed by atoms with E-state index < -0.39 is 0 Å². The number of amides is 2. The number of anilines is 1. The molecule has 1 fully saturated rings. The molecule has 1 atom stereocenters. The molecule has 1 aromatic heterocycles. The molecule has 2 rings (SSSR count). The fourth-order valence-corrected chi connectivity index (χ4v) is 2.39. The van der Waals surface area contributed by atoms with E-state index in [1.165, 1.54) is 11.3 Å². The minimum atomic E-state index is -0.233. The minimum absolute atomic E-state index is 0.0267. The number of nitrogens with one attached hydrogen (secondary N) is 3. The van der Waals surface area contributed by atoms with Gasteiger partial charge in [0.25, 0.3) is 5.91 Å². The molecular weight excluding hydrogens is 266 g/mol. The third-order valence-electron chi connectivity index (χ3n) is 2.75. The van der Waals surface area contributed by atoms with E-state index >= 15 is 0 Å². The van der Waals surface area contributed by atoms with Crippen molar-refractivity contribution in [3.8, 4) is 0 Å². The molecule has 0 saturated carbocycles. The molecule has 3 N–H and O–H groups in total. The first-order valence-corrected chi connectivity index (χ1v) is 7.15. The lowest BCUT2D eigenvalue weighted by molar-refractivity contribution is -0.122. The summed E-state index contributed by atoms with van der Waals surface area (Å²) in [5.74, 6) is -0.198. The van der Waals surface area contributed by atoms with Gasteiger partial charge in [-0.05, 0) is 12.8 Å². The SMILES string of the molecule is CCCNc1nnc(C(=O)NC2CCC(=O)NC2)s1. The van der Waals surface area contributed by atoms with Gasteiger partial charge >= 0.3 is 0 Å². The summed E-state index contributed by atoms with van der Waals surface area (Å²) in [6.45, 7) is 3.34. The van der Waals surface area contributed by atoms with Crippen LogP contribution in [0.4, 0.5) is 5.13 Å². The highest BCUT2D eigenvalue weighted by Gasteiger charge is 2.21. The van der Waals surface area contributed by atoms with Gasteiger partial charge in [-0.3, -0.25) is 9.59 Å². The molecule has 2 amide bonds. The average Bonchev–Trinajstić information content (AvgIpc) is 2.88. The Balaban J connectivity index is 1.85. The van der Waals surface area contributed by atoms with E-state index in [1.54, 1.807) is 0 Å². The molecule has 2 heterocycles. The fraction of sp³-hybridized carbons (Fsp3) is 0.636. The van der Waals surface area contributed by atoms with E-state index in [-0.39, 0.29) is 17.9 Å². The molecule has 0 radical (unpaired) electrons. The van der Waals surface area contributed by atoms with E-state index in [9.17, 15) is 9.59 Å². The molecule has 104 valence electrons. The number of aromatic nitrogens is 2. The van der Waals surface area contributed by atoms with Crippen LogP contribution in [-0.2, 0) is 4.79 Å². The molecule has 0 aliphatic carbocycles. The third kappa shape index (κ3) is 3.88. The Hall–Kier alpha value is -1.70. The van der Waals surface area contributed by atoms with Crippen molar-refractivity contribution in [2.24, 2.45) is 0 Å². The largest absolute Gasteiger partial charge is 0.360 e. The van der Waals surface area contributed by atoms with Crippen molar-refractivity contribution < 1.29 is 9.59 Å². The molecule has 1 unspecified atom stereocenters. The molecule has 0 aromatic carbocycles. The van der Waals surface area contributed by atoms with Crippen molar-refractivity contribution in [2.75, 3.05) is 18.4 Å². The van der Waals surface area contributed by atoms with Crippen LogP contribution in [0.5, 0.6) is 0 Å². The van der Waals surface area contributed by atoms with Gasteiger partial charge in [0.1, 0.15) is 0 Å². The molecule has 0 bridgehead atoms. The van der Waals surface area contributed by atoms with Crippen LogP contribution < -0.4 is 16.0 Å². The Labute approximate surface area is 115 Å². The number of nitrogens with zero attached hydrogens (tertiary/aromatic N) is 2. The second-order valence-corrected chi connectivity index (χ2v) is 5.33. The summed E-state index contributed by atoms with van der Waals surface area (Å²) in [6, 6.07) is -0.0267. The van der Waals surface area contributed by atoms with Crippen LogP contribution in [-0.4, -0.2) is 41.1 Å². The molecule has 1 aromatic rings. The van der Waals surface area contributed by atoms with Crippen LogP contribution in [0.25, 0.3) is 0 Å². The third-order valence-corrected chi connectivity index (χ3v) is 3.63. The number of piperidine rings is 1. The zero-order valence-corrected chi connectivity index (χ0v) is 11.5. The monoisotopic (exact) mass is 283 g/mol. The van der Waals surface area contributed by atoms with Crippen molar-refractivity contribution in [3.05, 3.63) is 5.01 Å². The van der Waals surface area contributed by atoms with Gasteiger partial charge in [-0.1, -0.05) is 18.3 Å². The minimum Gasteiger partial charge on any atom is -0.360 e. The van der Waals surface area contributed by atoms with Crippen LogP contribution in [0.1, 0.15) is 36.0 Å². The summed E-state index contributed by atoms with van der Waals surface area (Å²) in [7, 11) is 0. The van der Waals surface area contributed by atoms with Crippen LogP contribution >= 0.6 is 11.3 Å². The molecule has 1 saturated heterocycles. The van der Waals surface area contributed by atoms with Gasteiger partial charge in [0.2, 0.25) is 16.0 Å². The summed E-state index contributed by atoms with van der Waals surface area (Å²) in [6.07, 6.45) is 2.10. The van der Waals surface area contributed by atoms with E-state index in [4.69, 9.17) is 0 Å². The summed E-state index contributed by atoms with van der Waals surface area (Å²) in [5, 5.41) is 17.4. The highest BCUT2D eigenvalue weighted by atomic mass is 32.1. The first kappa shape index (κ1) is 13.7. The van der Waals surface area contributed by atoms with Gasteiger partial charge in [0, 0.05) is 25.6 Å². The maximum Gasteiger partial charge on any atom is 0.282 e. The lowest BCUT2D eigenvalue weighted by atomic mass is 10.1. The van der Waals surface area contributed by atoms with Gasteiger partial charge in [0.15, 0.2) is 0 Å². The van der Waals surface area contributed by atoms with E-state index in [1.807, 2.05) is 0 Å². The van der Waals surface area contributed by atoms with Crippen LogP contribution in [0.3, 0.4) is 0 Å². The van der Waals surface area contributed by atoms with Crippen LogP contribution in [0, 0.1) is 0 Å². The first-order valence-electron chi connectivity index (χ1n) is 6.34. The molecule has 0 spiro atoms. The lowest BCUT2D eigenvalue weighted by Gasteiger charge is -2.22. The van der Waals surface area contributed by atoms with Crippen molar-refractivity contribution in [2.45, 2.75) is 32.2 Å². The normalized spacial score (nSPS) is 18.8. The van der Waals surface area contributed by atoms with Gasteiger partial charge in [0.05, 0.1) is 0 Å². The van der Waals surface area contributed by atoms with Crippen molar-refractivity contribution in [1.29, 1.82) is 0 Å². The maximum absolute atomic E-state index is 11.9. The van der Waals surface area contributed by atoms with Crippen LogP contribution in [0.15, 0.2) is 0 Å². The molecular formula is C11H17N5O2S. The van der Waals surface area contributed by atoms with E-state index in [0.717, 1.165) is 13.0 Å². The van der Waals surface area contributed by atoms with Crippen molar-refractivity contribution >= 4 is 28.3 Å². The Morgan fingerprint density at radius 1 is 1.53 bits per heavy atom. The Bertz CT molecular complexity index is 452. The number of hydrogen-bond donors (Lipinski definition) is 3. The summed E-state index contributed by atoms with van der Waals surface area (Å²) >= 11 is 1.24. The average molecular weight is 283 g/mol. The van der Waals surface area contributed by atoms with Crippen molar-refractivity contribution in [3.63, 3.8) is 0 Å². The summed E-state index contributed by atoms with van der Waals surface area (Å²) < 4.78 is 0. The topological polar surface area (TPSA) is 96.0 Å². The fourth-order valence-electron chi connectivity index (χ4n) is 1.72. The maximum atomic E-state index is 11.9. The zero-order valence-electron chi connectivity index (χ0n) is 10.7. The molecule has 8 heteroatoms. The Morgan fingerprint density at radius 2 is 2.37 bits per heavy atom. The standard InChI is InChI=1S/C11H17N5O2S/c1-2-5-12-11-16-15-10(19-11)9(18)14-7-3-4-8(17)13-6-7/h7H,2-6H2,1H3,(H,12,16)(H,13,17)(H,14,18). The van der Waals surface area contributed by atoms with Crippen LogP contribution in [0.2, 0.25) is 0 Å². The van der Waals surface area contributed by atoms with Crippen molar-refractivity contribution in [1.82, 2.24) is 20.8 Å². The smallest absolute Gasteiger partial charge is 0.282 e. The second kappa shape index (κ2) is 6.46. The van der Waals surface area contributed by atoms with Gasteiger partial charge in [-0.25, -0.2) is 0 Å². The quantitative estimate of drug-likeness (QED) is 0.725. The van der Waals surface area contributed by atoms with Gasteiger partial charge < -0.3 is 16.0 Å². The second-order valence-electron chi connectivity index (χ2n) is 4.35. The Kier molecular flexibility index (Phi) is 4.67. The molecule has 1 aliphatic rings. The Morgan fingerprint density at radius 3 is 3.05 bits per heavy atom. The number of carbonyl (C=O) groups is 2.